The lowest BCUT2D eigenvalue weighted by Crippen LogP contribution is -2.08. The van der Waals surface area contributed by atoms with Gasteiger partial charge in [0.05, 0.1) is 10.9 Å². The van der Waals surface area contributed by atoms with Crippen molar-refractivity contribution >= 4 is 34.7 Å². The monoisotopic (exact) mass is 428 g/mol. The summed E-state index contributed by atoms with van der Waals surface area (Å²) < 4.78 is 6.31. The average molecular weight is 429 g/mol. The van der Waals surface area contributed by atoms with E-state index in [4.69, 9.17) is 16.0 Å². The van der Waals surface area contributed by atoms with Crippen molar-refractivity contribution in [2.75, 3.05) is 0 Å². The van der Waals surface area contributed by atoms with Gasteiger partial charge in [0.15, 0.2) is 0 Å². The Morgan fingerprint density at radius 3 is 2.10 bits per heavy atom. The number of aryl methyl sites for hydroxylation is 5. The molecule has 0 fully saturated rings. The second-order valence-corrected chi connectivity index (χ2v) is 8.65. The molecule has 0 aliphatic carbocycles. The molecule has 0 aliphatic rings. The molecule has 0 aliphatic heterocycles. The molecule has 3 aromatic carbocycles. The summed E-state index contributed by atoms with van der Waals surface area (Å²) in [5.41, 5.74) is 8.58. The molecule has 0 N–H and O–H groups in total. The van der Waals surface area contributed by atoms with Gasteiger partial charge in [0.25, 0.3) is 0 Å². The van der Waals surface area contributed by atoms with Crippen LogP contribution in [0.2, 0.25) is 5.02 Å². The normalized spacial score (nSPS) is 11.5. The second-order valence-electron chi connectivity index (χ2n) is 8.25. The number of halogens is 1. The fourth-order valence-corrected chi connectivity index (χ4v) is 3.79. The summed E-state index contributed by atoms with van der Waals surface area (Å²) in [7, 11) is 0. The van der Waals surface area contributed by atoms with Gasteiger partial charge in [-0.1, -0.05) is 48.0 Å². The van der Waals surface area contributed by atoms with Gasteiger partial charge in [0, 0.05) is 10.6 Å². The molecule has 1 aromatic heterocycles. The molecular formula is C28H25ClO2. The van der Waals surface area contributed by atoms with Crippen LogP contribution in [-0.4, -0.2) is 0 Å². The van der Waals surface area contributed by atoms with Crippen LogP contribution in [0.4, 0.5) is 0 Å². The van der Waals surface area contributed by atoms with Gasteiger partial charge in [-0.3, -0.25) is 4.79 Å². The van der Waals surface area contributed by atoms with E-state index in [1.165, 1.54) is 16.7 Å². The summed E-state index contributed by atoms with van der Waals surface area (Å²) >= 11 is 6.31. The van der Waals surface area contributed by atoms with Crippen LogP contribution in [0.15, 0.2) is 57.7 Å². The number of hydrogen-bond acceptors (Lipinski definition) is 2. The topological polar surface area (TPSA) is 30.2 Å². The first-order valence-corrected chi connectivity index (χ1v) is 10.7. The Morgan fingerprint density at radius 1 is 0.742 bits per heavy atom. The van der Waals surface area contributed by atoms with Crippen molar-refractivity contribution in [1.29, 1.82) is 0 Å². The van der Waals surface area contributed by atoms with Crippen molar-refractivity contribution < 1.29 is 4.42 Å². The van der Waals surface area contributed by atoms with Crippen LogP contribution in [0, 0.1) is 34.6 Å². The lowest BCUT2D eigenvalue weighted by Gasteiger charge is -2.11. The number of benzene rings is 3. The van der Waals surface area contributed by atoms with Gasteiger partial charge in [-0.25, -0.2) is 0 Å². The fourth-order valence-electron chi connectivity index (χ4n) is 3.63. The van der Waals surface area contributed by atoms with E-state index in [-0.39, 0.29) is 5.43 Å². The lowest BCUT2D eigenvalue weighted by molar-refractivity contribution is 0.617. The third-order valence-electron chi connectivity index (χ3n) is 5.95. The minimum Gasteiger partial charge on any atom is -0.455 e. The van der Waals surface area contributed by atoms with Crippen LogP contribution in [0.5, 0.6) is 0 Å². The standard InChI is InChI=1S/C28H25ClO2/c1-16-6-8-21(12-18(16)3)9-11-23-27(30)24-15-25(29)20(5)14-26(24)31-28(23)22-10-7-17(2)19(4)13-22/h6-15H,1-5H3/b11-9+. The van der Waals surface area contributed by atoms with E-state index < -0.39 is 0 Å². The first-order valence-electron chi connectivity index (χ1n) is 10.3. The summed E-state index contributed by atoms with van der Waals surface area (Å²) in [5, 5.41) is 1.05. The molecular weight excluding hydrogens is 404 g/mol. The highest BCUT2D eigenvalue weighted by atomic mass is 35.5. The molecule has 2 nitrogen and oxygen atoms in total. The van der Waals surface area contributed by atoms with Crippen LogP contribution < -0.4 is 5.43 Å². The average Bonchev–Trinajstić information content (AvgIpc) is 2.73. The SMILES string of the molecule is Cc1ccc(/C=C/c2c(-c3ccc(C)c(C)c3)oc3cc(C)c(Cl)cc3c2=O)cc1C. The van der Waals surface area contributed by atoms with E-state index in [2.05, 4.69) is 58.0 Å². The smallest absolute Gasteiger partial charge is 0.200 e. The van der Waals surface area contributed by atoms with Crippen molar-refractivity contribution in [3.8, 4) is 11.3 Å². The van der Waals surface area contributed by atoms with Crippen LogP contribution >= 0.6 is 11.6 Å². The zero-order valence-corrected chi connectivity index (χ0v) is 19.2. The van der Waals surface area contributed by atoms with E-state index >= 15 is 0 Å². The molecule has 1 heterocycles. The van der Waals surface area contributed by atoms with E-state index in [1.54, 1.807) is 6.07 Å². The summed E-state index contributed by atoms with van der Waals surface area (Å²) in [6.45, 7) is 10.2. The molecule has 0 saturated heterocycles. The quantitative estimate of drug-likeness (QED) is 0.333. The van der Waals surface area contributed by atoms with E-state index in [0.717, 1.165) is 22.3 Å². The molecule has 0 bridgehead atoms. The number of hydrogen-bond donors (Lipinski definition) is 0. The van der Waals surface area contributed by atoms with Crippen molar-refractivity contribution in [2.24, 2.45) is 0 Å². The van der Waals surface area contributed by atoms with Crippen LogP contribution in [0.1, 0.15) is 38.9 Å². The van der Waals surface area contributed by atoms with Crippen molar-refractivity contribution in [2.45, 2.75) is 34.6 Å². The number of fused-ring (bicyclic) bond motifs is 1. The van der Waals surface area contributed by atoms with Gasteiger partial charge < -0.3 is 4.42 Å². The Kier molecular flexibility index (Phi) is 5.60. The maximum absolute atomic E-state index is 13.5. The van der Waals surface area contributed by atoms with Gasteiger partial charge in [-0.05, 0) is 92.3 Å². The van der Waals surface area contributed by atoms with Crippen molar-refractivity contribution in [1.82, 2.24) is 0 Å². The molecule has 0 amide bonds. The van der Waals surface area contributed by atoms with Crippen molar-refractivity contribution in [3.05, 3.63) is 103 Å². The van der Waals surface area contributed by atoms with Gasteiger partial charge >= 0.3 is 0 Å². The Labute approximate surface area is 187 Å². The first-order chi connectivity index (χ1) is 14.7. The molecule has 4 rings (SSSR count). The van der Waals surface area contributed by atoms with Crippen LogP contribution in [0.25, 0.3) is 34.4 Å². The van der Waals surface area contributed by atoms with Gasteiger partial charge in [-0.2, -0.15) is 0 Å². The van der Waals surface area contributed by atoms with E-state index in [0.29, 0.717) is 27.3 Å². The summed E-state index contributed by atoms with van der Waals surface area (Å²) in [5.74, 6) is 0.572. The van der Waals surface area contributed by atoms with Gasteiger partial charge in [0.1, 0.15) is 11.3 Å². The largest absolute Gasteiger partial charge is 0.455 e. The molecule has 0 spiro atoms. The maximum Gasteiger partial charge on any atom is 0.200 e. The third-order valence-corrected chi connectivity index (χ3v) is 6.36. The third kappa shape index (κ3) is 4.08. The van der Waals surface area contributed by atoms with Crippen molar-refractivity contribution in [3.63, 3.8) is 0 Å². The lowest BCUT2D eigenvalue weighted by atomic mass is 9.99. The molecule has 31 heavy (non-hydrogen) atoms. The molecule has 0 radical (unpaired) electrons. The highest BCUT2D eigenvalue weighted by Crippen LogP contribution is 2.31. The molecule has 0 unspecified atom stereocenters. The van der Waals surface area contributed by atoms with Crippen LogP contribution in [-0.2, 0) is 0 Å². The zero-order chi connectivity index (χ0) is 22.3. The van der Waals surface area contributed by atoms with Gasteiger partial charge in [0.2, 0.25) is 5.43 Å². The number of rotatable bonds is 3. The predicted molar refractivity (Wildman–Crippen MR) is 132 cm³/mol. The van der Waals surface area contributed by atoms with Crippen LogP contribution in [0.3, 0.4) is 0 Å². The fraction of sp³-hybridized carbons (Fsp3) is 0.179. The maximum atomic E-state index is 13.5. The van der Waals surface area contributed by atoms with E-state index in [1.807, 2.05) is 31.2 Å². The Bertz CT molecular complexity index is 1410. The highest BCUT2D eigenvalue weighted by molar-refractivity contribution is 6.32. The second kappa shape index (κ2) is 8.20. The zero-order valence-electron chi connectivity index (χ0n) is 18.5. The molecule has 4 aromatic rings. The predicted octanol–water partition coefficient (Wildman–Crippen LogP) is 7.83. The minimum absolute atomic E-state index is 0.0866. The molecule has 0 saturated carbocycles. The Hall–Kier alpha value is -3.10. The summed E-state index contributed by atoms with van der Waals surface area (Å²) in [6.07, 6.45) is 3.82. The van der Waals surface area contributed by atoms with E-state index in [9.17, 15) is 4.79 Å². The molecule has 3 heteroatoms. The summed E-state index contributed by atoms with van der Waals surface area (Å²) in [4.78, 5) is 13.5. The molecule has 156 valence electrons. The Balaban J connectivity index is 1.98. The first kappa shape index (κ1) is 21.1. The Morgan fingerprint density at radius 2 is 1.42 bits per heavy atom. The highest BCUT2D eigenvalue weighted by Gasteiger charge is 2.16. The molecule has 0 atom stereocenters. The summed E-state index contributed by atoms with van der Waals surface area (Å²) in [6, 6.07) is 15.9. The minimum atomic E-state index is -0.0866. The van der Waals surface area contributed by atoms with Gasteiger partial charge in [-0.15, -0.1) is 0 Å².